The van der Waals surface area contributed by atoms with E-state index in [0.717, 1.165) is 16.6 Å². The van der Waals surface area contributed by atoms with E-state index < -0.39 is 0 Å². The summed E-state index contributed by atoms with van der Waals surface area (Å²) < 4.78 is 6.87. The van der Waals surface area contributed by atoms with Crippen LogP contribution in [0.2, 0.25) is 0 Å². The molecule has 22 heavy (non-hydrogen) atoms. The minimum atomic E-state index is 0.623. The van der Waals surface area contributed by atoms with Gasteiger partial charge in [-0.1, -0.05) is 11.2 Å². The average molecular weight is 292 g/mol. The Kier molecular flexibility index (Phi) is 2.89. The van der Waals surface area contributed by atoms with E-state index in [-0.39, 0.29) is 0 Å². The Hall–Kier alpha value is -3.09. The van der Waals surface area contributed by atoms with Crippen LogP contribution in [0, 0.1) is 6.92 Å². The van der Waals surface area contributed by atoms with Crippen LogP contribution in [0.15, 0.2) is 47.6 Å². The molecule has 0 atom stereocenters. The summed E-state index contributed by atoms with van der Waals surface area (Å²) in [5.74, 6) is 0.714. The maximum absolute atomic E-state index is 4.82. The second kappa shape index (κ2) is 5.03. The number of fused-ring (bicyclic) bond motifs is 1. The minimum Gasteiger partial charge on any atom is -0.317 e. The summed E-state index contributed by atoms with van der Waals surface area (Å²) in [7, 11) is 0. The molecule has 0 aromatic carbocycles. The van der Waals surface area contributed by atoms with Gasteiger partial charge in [-0.2, -0.15) is 0 Å². The van der Waals surface area contributed by atoms with Crippen molar-refractivity contribution in [2.75, 3.05) is 0 Å². The summed E-state index contributed by atoms with van der Waals surface area (Å²) >= 11 is 0. The first-order chi connectivity index (χ1) is 10.8. The van der Waals surface area contributed by atoms with Gasteiger partial charge < -0.3 is 4.57 Å². The molecule has 0 aliphatic rings. The molecule has 0 saturated carbocycles. The molecule has 0 aliphatic heterocycles. The fourth-order valence-electron chi connectivity index (χ4n) is 2.42. The quantitative estimate of drug-likeness (QED) is 0.576. The first kappa shape index (κ1) is 12.6. The Morgan fingerprint density at radius 1 is 1.09 bits per heavy atom. The van der Waals surface area contributed by atoms with Crippen molar-refractivity contribution in [1.29, 1.82) is 0 Å². The number of aromatic nitrogens is 6. The van der Waals surface area contributed by atoms with Crippen molar-refractivity contribution >= 4 is 11.0 Å². The molecule has 0 fully saturated rings. The molecule has 4 aromatic heterocycles. The highest BCUT2D eigenvalue weighted by molar-refractivity contribution is 5.79. The van der Waals surface area contributed by atoms with Gasteiger partial charge in [0.15, 0.2) is 11.5 Å². The molecule has 4 heterocycles. The molecule has 0 unspecified atom stereocenters. The van der Waals surface area contributed by atoms with Gasteiger partial charge in [0.25, 0.3) is 0 Å². The predicted molar refractivity (Wildman–Crippen MR) is 78.9 cm³/mol. The zero-order chi connectivity index (χ0) is 14.9. The number of nitrogens with zero attached hydrogens (tertiary/aromatic N) is 6. The monoisotopic (exact) mass is 292 g/mol. The topological polar surface area (TPSA) is 82.5 Å². The number of imidazole rings is 1. The maximum atomic E-state index is 4.82. The van der Waals surface area contributed by atoms with Crippen LogP contribution < -0.4 is 0 Å². The van der Waals surface area contributed by atoms with Crippen molar-refractivity contribution < 1.29 is 4.63 Å². The second-order valence-electron chi connectivity index (χ2n) is 4.95. The van der Waals surface area contributed by atoms with Gasteiger partial charge in [0.1, 0.15) is 5.69 Å². The number of pyridine rings is 2. The Bertz CT molecular complexity index is 928. The SMILES string of the molecule is Cc1nonc1-c1nc2ccncc2n1Cc1cccnc1. The highest BCUT2D eigenvalue weighted by Gasteiger charge is 2.18. The van der Waals surface area contributed by atoms with Gasteiger partial charge in [-0.05, 0) is 29.8 Å². The third-order valence-corrected chi connectivity index (χ3v) is 3.48. The van der Waals surface area contributed by atoms with Crippen LogP contribution in [0.25, 0.3) is 22.6 Å². The Morgan fingerprint density at radius 2 is 2.00 bits per heavy atom. The lowest BCUT2D eigenvalue weighted by Gasteiger charge is -2.07. The standard InChI is InChI=1S/C15H12N6O/c1-10-14(20-22-19-10)15-18-12-4-6-17-8-13(12)21(15)9-11-3-2-5-16-7-11/h2-8H,9H2,1H3. The Morgan fingerprint density at radius 3 is 2.77 bits per heavy atom. The zero-order valence-corrected chi connectivity index (χ0v) is 11.8. The summed E-state index contributed by atoms with van der Waals surface area (Å²) in [6.45, 7) is 2.47. The fourth-order valence-corrected chi connectivity index (χ4v) is 2.42. The lowest BCUT2D eigenvalue weighted by molar-refractivity contribution is 0.305. The second-order valence-corrected chi connectivity index (χ2v) is 4.95. The minimum absolute atomic E-state index is 0.623. The molecule has 108 valence electrons. The fraction of sp³-hybridized carbons (Fsp3) is 0.133. The predicted octanol–water partition coefficient (Wildman–Crippen LogP) is 2.23. The van der Waals surface area contributed by atoms with E-state index in [2.05, 4.69) is 25.3 Å². The molecular formula is C15H12N6O. The number of rotatable bonds is 3. The molecular weight excluding hydrogens is 280 g/mol. The normalized spacial score (nSPS) is 11.1. The van der Waals surface area contributed by atoms with Gasteiger partial charge in [0.05, 0.1) is 23.8 Å². The van der Waals surface area contributed by atoms with Crippen molar-refractivity contribution in [2.24, 2.45) is 0 Å². The third-order valence-electron chi connectivity index (χ3n) is 3.48. The molecule has 0 aliphatic carbocycles. The lowest BCUT2D eigenvalue weighted by atomic mass is 10.2. The van der Waals surface area contributed by atoms with Crippen molar-refractivity contribution in [1.82, 2.24) is 29.8 Å². The molecule has 0 saturated heterocycles. The van der Waals surface area contributed by atoms with Gasteiger partial charge >= 0.3 is 0 Å². The van der Waals surface area contributed by atoms with Crippen LogP contribution in [0.1, 0.15) is 11.3 Å². The summed E-state index contributed by atoms with van der Waals surface area (Å²) in [6.07, 6.45) is 7.11. The van der Waals surface area contributed by atoms with E-state index >= 15 is 0 Å². The largest absolute Gasteiger partial charge is 0.317 e. The van der Waals surface area contributed by atoms with E-state index in [9.17, 15) is 0 Å². The van der Waals surface area contributed by atoms with Crippen LogP contribution in [0.5, 0.6) is 0 Å². The summed E-state index contributed by atoms with van der Waals surface area (Å²) in [5.41, 5.74) is 4.21. The molecule has 0 amide bonds. The molecule has 0 radical (unpaired) electrons. The van der Waals surface area contributed by atoms with Gasteiger partial charge in [-0.25, -0.2) is 9.61 Å². The van der Waals surface area contributed by atoms with Gasteiger partial charge in [0, 0.05) is 18.6 Å². The van der Waals surface area contributed by atoms with Crippen molar-refractivity contribution in [2.45, 2.75) is 13.5 Å². The molecule has 7 nitrogen and oxygen atoms in total. The van der Waals surface area contributed by atoms with Crippen molar-refractivity contribution in [3.63, 3.8) is 0 Å². The lowest BCUT2D eigenvalue weighted by Crippen LogP contribution is -2.03. The van der Waals surface area contributed by atoms with Crippen LogP contribution in [-0.4, -0.2) is 29.8 Å². The van der Waals surface area contributed by atoms with E-state index in [1.54, 1.807) is 18.6 Å². The summed E-state index contributed by atoms with van der Waals surface area (Å²) in [4.78, 5) is 13.0. The number of hydrogen-bond donors (Lipinski definition) is 0. The maximum Gasteiger partial charge on any atom is 0.173 e. The number of hydrogen-bond acceptors (Lipinski definition) is 6. The number of aryl methyl sites for hydroxylation is 1. The van der Waals surface area contributed by atoms with Crippen LogP contribution >= 0.6 is 0 Å². The molecule has 0 spiro atoms. The van der Waals surface area contributed by atoms with E-state index in [1.807, 2.05) is 35.9 Å². The van der Waals surface area contributed by atoms with E-state index in [4.69, 9.17) is 4.63 Å². The smallest absolute Gasteiger partial charge is 0.173 e. The van der Waals surface area contributed by atoms with Crippen LogP contribution in [0.4, 0.5) is 0 Å². The first-order valence-electron chi connectivity index (χ1n) is 6.81. The van der Waals surface area contributed by atoms with E-state index in [1.165, 1.54) is 0 Å². The summed E-state index contributed by atoms with van der Waals surface area (Å²) in [5, 5.41) is 7.82. The summed E-state index contributed by atoms with van der Waals surface area (Å²) in [6, 6.07) is 5.81. The molecule has 0 N–H and O–H groups in total. The Labute approximate surface area is 125 Å². The van der Waals surface area contributed by atoms with Gasteiger partial charge in [-0.3, -0.25) is 9.97 Å². The molecule has 0 bridgehead atoms. The van der Waals surface area contributed by atoms with Gasteiger partial charge in [0.2, 0.25) is 0 Å². The highest BCUT2D eigenvalue weighted by atomic mass is 16.6. The van der Waals surface area contributed by atoms with Crippen LogP contribution in [-0.2, 0) is 6.54 Å². The first-order valence-corrected chi connectivity index (χ1v) is 6.81. The molecule has 7 heteroatoms. The van der Waals surface area contributed by atoms with Gasteiger partial charge in [-0.15, -0.1) is 0 Å². The average Bonchev–Trinajstić information content (AvgIpc) is 3.12. The molecule has 4 rings (SSSR count). The van der Waals surface area contributed by atoms with Crippen molar-refractivity contribution in [3.05, 3.63) is 54.2 Å². The van der Waals surface area contributed by atoms with Crippen LogP contribution in [0.3, 0.4) is 0 Å². The zero-order valence-electron chi connectivity index (χ0n) is 11.8. The van der Waals surface area contributed by atoms with E-state index in [0.29, 0.717) is 23.8 Å². The third kappa shape index (κ3) is 2.03. The highest BCUT2D eigenvalue weighted by Crippen LogP contribution is 2.25. The molecule has 4 aromatic rings. The Balaban J connectivity index is 1.93. The van der Waals surface area contributed by atoms with Crippen molar-refractivity contribution in [3.8, 4) is 11.5 Å².